The van der Waals surface area contributed by atoms with Gasteiger partial charge >= 0.3 is 0 Å². The average Bonchev–Trinajstić information content (AvgIpc) is 2.69. The molecular formula is C21H17BrCl2N2O3S. The molecule has 30 heavy (non-hydrogen) atoms. The minimum Gasteiger partial charge on any atom is -0.323 e. The molecule has 0 unspecified atom stereocenters. The van der Waals surface area contributed by atoms with Gasteiger partial charge in [-0.25, -0.2) is 8.42 Å². The number of amides is 1. The Hall–Kier alpha value is -2.06. The Morgan fingerprint density at radius 3 is 2.40 bits per heavy atom. The Labute approximate surface area is 193 Å². The highest BCUT2D eigenvalue weighted by molar-refractivity contribution is 9.10. The predicted octanol–water partition coefficient (Wildman–Crippen LogP) is 5.90. The van der Waals surface area contributed by atoms with E-state index >= 15 is 0 Å². The van der Waals surface area contributed by atoms with E-state index in [0.29, 0.717) is 25.9 Å². The fraction of sp³-hybridized carbons (Fsp3) is 0.0952. The van der Waals surface area contributed by atoms with Crippen molar-refractivity contribution in [2.75, 3.05) is 16.2 Å². The molecule has 0 aromatic heterocycles. The summed E-state index contributed by atoms with van der Waals surface area (Å²) in [6.07, 6.45) is 0. The Kier molecular flexibility index (Phi) is 7.08. The minimum absolute atomic E-state index is 0.0849. The Morgan fingerprint density at radius 2 is 1.73 bits per heavy atom. The number of hydrogen-bond donors (Lipinski definition) is 1. The van der Waals surface area contributed by atoms with Gasteiger partial charge in [-0.3, -0.25) is 9.10 Å². The molecule has 3 aromatic carbocycles. The molecule has 0 atom stereocenters. The maximum absolute atomic E-state index is 13.3. The monoisotopic (exact) mass is 526 g/mol. The number of nitrogens with zero attached hydrogens (tertiary/aromatic N) is 1. The molecule has 0 saturated heterocycles. The van der Waals surface area contributed by atoms with Crippen LogP contribution in [0.4, 0.5) is 11.4 Å². The van der Waals surface area contributed by atoms with Crippen molar-refractivity contribution in [3.05, 3.63) is 86.8 Å². The first-order chi connectivity index (χ1) is 14.2. The van der Waals surface area contributed by atoms with E-state index in [1.807, 2.05) is 6.92 Å². The van der Waals surface area contributed by atoms with Crippen molar-refractivity contribution in [1.82, 2.24) is 0 Å². The second-order valence-corrected chi connectivity index (χ2v) is 10.1. The van der Waals surface area contributed by atoms with Gasteiger partial charge in [0.05, 0.1) is 21.3 Å². The number of aryl methyl sites for hydroxylation is 1. The molecule has 0 aliphatic heterocycles. The molecule has 5 nitrogen and oxygen atoms in total. The van der Waals surface area contributed by atoms with Gasteiger partial charge in [0.25, 0.3) is 10.0 Å². The molecule has 0 fully saturated rings. The van der Waals surface area contributed by atoms with Crippen molar-refractivity contribution in [3.63, 3.8) is 0 Å². The quantitative estimate of drug-likeness (QED) is 0.434. The van der Waals surface area contributed by atoms with Crippen molar-refractivity contribution in [2.24, 2.45) is 0 Å². The van der Waals surface area contributed by atoms with Crippen molar-refractivity contribution < 1.29 is 13.2 Å². The summed E-state index contributed by atoms with van der Waals surface area (Å²) in [6.45, 7) is 1.42. The van der Waals surface area contributed by atoms with E-state index in [2.05, 4.69) is 21.2 Å². The lowest BCUT2D eigenvalue weighted by Crippen LogP contribution is -2.38. The topological polar surface area (TPSA) is 66.5 Å². The molecule has 9 heteroatoms. The molecule has 3 rings (SSSR count). The summed E-state index contributed by atoms with van der Waals surface area (Å²) in [5, 5.41) is 3.31. The molecule has 0 aliphatic carbocycles. The van der Waals surface area contributed by atoms with E-state index in [1.165, 1.54) is 18.2 Å². The number of carbonyl (C=O) groups excluding carboxylic acids is 1. The zero-order chi connectivity index (χ0) is 21.9. The van der Waals surface area contributed by atoms with Gasteiger partial charge in [-0.15, -0.1) is 0 Å². The zero-order valence-electron chi connectivity index (χ0n) is 15.8. The number of benzene rings is 3. The summed E-state index contributed by atoms with van der Waals surface area (Å²) in [5.74, 6) is -0.560. The van der Waals surface area contributed by atoms with Crippen LogP contribution in [0.15, 0.2) is 76.1 Å². The highest BCUT2D eigenvalue weighted by atomic mass is 79.9. The van der Waals surface area contributed by atoms with Gasteiger partial charge in [-0.1, -0.05) is 62.9 Å². The van der Waals surface area contributed by atoms with Crippen molar-refractivity contribution >= 4 is 66.4 Å². The molecule has 1 amide bonds. The highest BCUT2D eigenvalue weighted by Gasteiger charge is 2.27. The maximum atomic E-state index is 13.3. The number of nitrogens with one attached hydrogen (secondary N) is 1. The van der Waals surface area contributed by atoms with Gasteiger partial charge < -0.3 is 5.32 Å². The van der Waals surface area contributed by atoms with E-state index in [4.69, 9.17) is 23.2 Å². The lowest BCUT2D eigenvalue weighted by molar-refractivity contribution is -0.114. The Bertz CT molecular complexity index is 1190. The third-order valence-corrected chi connectivity index (χ3v) is 7.04. The van der Waals surface area contributed by atoms with E-state index in [0.717, 1.165) is 9.87 Å². The summed E-state index contributed by atoms with van der Waals surface area (Å²) in [5.41, 5.74) is 1.57. The summed E-state index contributed by atoms with van der Waals surface area (Å²) in [7, 11) is -4.00. The van der Waals surface area contributed by atoms with Crippen LogP contribution < -0.4 is 9.62 Å². The smallest absolute Gasteiger partial charge is 0.264 e. The van der Waals surface area contributed by atoms with E-state index in [1.54, 1.807) is 48.5 Å². The van der Waals surface area contributed by atoms with Crippen molar-refractivity contribution in [1.29, 1.82) is 0 Å². The summed E-state index contributed by atoms with van der Waals surface area (Å²) in [6, 6.07) is 17.8. The summed E-state index contributed by atoms with van der Waals surface area (Å²) < 4.78 is 28.4. The van der Waals surface area contributed by atoms with Crippen LogP contribution in [-0.4, -0.2) is 20.9 Å². The van der Waals surface area contributed by atoms with Gasteiger partial charge in [0.15, 0.2) is 0 Å². The standard InChI is InChI=1S/C21H17BrCl2N2O3S/c1-14-5-8-18(9-6-14)30(28,29)26(17-4-2-3-15(22)11-17)13-21(27)25-20-12-16(23)7-10-19(20)24/h2-12H,13H2,1H3,(H,25,27). The zero-order valence-corrected chi connectivity index (χ0v) is 19.7. The number of hydrogen-bond acceptors (Lipinski definition) is 3. The van der Waals surface area contributed by atoms with E-state index in [-0.39, 0.29) is 4.90 Å². The number of halogens is 3. The van der Waals surface area contributed by atoms with Crippen molar-refractivity contribution in [2.45, 2.75) is 11.8 Å². The molecule has 0 radical (unpaired) electrons. The second-order valence-electron chi connectivity index (χ2n) is 6.48. The Balaban J connectivity index is 1.96. The summed E-state index contributed by atoms with van der Waals surface area (Å²) >= 11 is 15.4. The molecule has 0 bridgehead atoms. The molecule has 3 aromatic rings. The third-order valence-electron chi connectivity index (χ3n) is 4.19. The molecular weight excluding hydrogens is 511 g/mol. The minimum atomic E-state index is -4.00. The molecule has 0 saturated carbocycles. The highest BCUT2D eigenvalue weighted by Crippen LogP contribution is 2.28. The van der Waals surface area contributed by atoms with Crippen LogP contribution in [-0.2, 0) is 14.8 Å². The lowest BCUT2D eigenvalue weighted by Gasteiger charge is -2.24. The van der Waals surface area contributed by atoms with Crippen LogP contribution in [0, 0.1) is 6.92 Å². The molecule has 156 valence electrons. The van der Waals surface area contributed by atoms with Crippen LogP contribution >= 0.6 is 39.1 Å². The third kappa shape index (κ3) is 5.35. The number of carbonyl (C=O) groups is 1. The van der Waals surface area contributed by atoms with Crippen LogP contribution in [0.5, 0.6) is 0 Å². The van der Waals surface area contributed by atoms with E-state index in [9.17, 15) is 13.2 Å². The first-order valence-corrected chi connectivity index (χ1v) is 11.8. The fourth-order valence-corrected chi connectivity index (χ4v) is 4.83. The van der Waals surface area contributed by atoms with Crippen LogP contribution in [0.3, 0.4) is 0 Å². The predicted molar refractivity (Wildman–Crippen MR) is 125 cm³/mol. The SMILES string of the molecule is Cc1ccc(S(=O)(=O)N(CC(=O)Nc2cc(Cl)ccc2Cl)c2cccc(Br)c2)cc1. The van der Waals surface area contributed by atoms with Gasteiger partial charge in [0, 0.05) is 9.50 Å². The van der Waals surface area contributed by atoms with E-state index < -0.39 is 22.5 Å². The van der Waals surface area contributed by atoms with Gasteiger partial charge in [0.2, 0.25) is 5.91 Å². The Morgan fingerprint density at radius 1 is 1.03 bits per heavy atom. The van der Waals surface area contributed by atoms with Crippen LogP contribution in [0.1, 0.15) is 5.56 Å². The number of anilines is 2. The molecule has 0 aliphatic rings. The first-order valence-electron chi connectivity index (χ1n) is 8.77. The molecule has 0 heterocycles. The summed E-state index contributed by atoms with van der Waals surface area (Å²) in [4.78, 5) is 12.8. The first kappa shape index (κ1) is 22.6. The van der Waals surface area contributed by atoms with Crippen LogP contribution in [0.2, 0.25) is 10.0 Å². The van der Waals surface area contributed by atoms with Gasteiger partial charge in [-0.2, -0.15) is 0 Å². The maximum Gasteiger partial charge on any atom is 0.264 e. The molecule has 1 N–H and O–H groups in total. The van der Waals surface area contributed by atoms with Crippen LogP contribution in [0.25, 0.3) is 0 Å². The second kappa shape index (κ2) is 9.39. The fourth-order valence-electron chi connectivity index (χ4n) is 2.70. The van der Waals surface area contributed by atoms with Gasteiger partial charge in [-0.05, 0) is 55.5 Å². The normalized spacial score (nSPS) is 11.2. The number of sulfonamides is 1. The molecule has 0 spiro atoms. The lowest BCUT2D eigenvalue weighted by atomic mass is 10.2. The largest absolute Gasteiger partial charge is 0.323 e. The van der Waals surface area contributed by atoms with Gasteiger partial charge in [0.1, 0.15) is 6.54 Å². The number of rotatable bonds is 6. The average molecular weight is 528 g/mol. The van der Waals surface area contributed by atoms with Crippen molar-refractivity contribution in [3.8, 4) is 0 Å².